The van der Waals surface area contributed by atoms with E-state index in [1.54, 1.807) is 19.1 Å². The quantitative estimate of drug-likeness (QED) is 0.697. The van der Waals surface area contributed by atoms with Crippen molar-refractivity contribution in [2.24, 2.45) is 0 Å². The monoisotopic (exact) mass is 234 g/mol. The molecule has 0 aliphatic rings. The Morgan fingerprint density at radius 3 is 2.76 bits per heavy atom. The molecule has 17 heavy (non-hydrogen) atoms. The minimum absolute atomic E-state index is 0.0683. The normalized spacial score (nSPS) is 9.47. The van der Waals surface area contributed by atoms with Crippen LogP contribution < -0.4 is 10.6 Å². The molecule has 1 aromatic rings. The van der Waals surface area contributed by atoms with Crippen LogP contribution in [0.15, 0.2) is 30.9 Å². The van der Waals surface area contributed by atoms with Crippen LogP contribution in [0.2, 0.25) is 0 Å². The largest absolute Gasteiger partial charge is 0.478 e. The molecule has 0 heterocycles. The molecule has 0 aliphatic heterocycles. The number of amides is 2. The summed E-state index contributed by atoms with van der Waals surface area (Å²) in [5.41, 5.74) is 1.07. The molecule has 1 rings (SSSR count). The van der Waals surface area contributed by atoms with Crippen LogP contribution >= 0.6 is 0 Å². The molecule has 0 atom stereocenters. The van der Waals surface area contributed by atoms with Crippen molar-refractivity contribution in [1.29, 1.82) is 0 Å². The number of hydrogen-bond donors (Lipinski definition) is 3. The second kappa shape index (κ2) is 5.69. The van der Waals surface area contributed by atoms with Gasteiger partial charge >= 0.3 is 12.0 Å². The maximum Gasteiger partial charge on any atom is 0.337 e. The number of hydrogen-bond acceptors (Lipinski definition) is 2. The minimum atomic E-state index is -1.08. The fourth-order valence-corrected chi connectivity index (χ4v) is 1.33. The highest BCUT2D eigenvalue weighted by atomic mass is 16.4. The van der Waals surface area contributed by atoms with E-state index in [2.05, 4.69) is 17.2 Å². The molecule has 0 bridgehead atoms. The number of carbonyl (C=O) groups is 2. The van der Waals surface area contributed by atoms with Crippen LogP contribution in [0.4, 0.5) is 10.5 Å². The smallest absolute Gasteiger partial charge is 0.337 e. The minimum Gasteiger partial charge on any atom is -0.478 e. The third-order valence-electron chi connectivity index (χ3n) is 2.15. The fraction of sp³-hybridized carbons (Fsp3) is 0.167. The van der Waals surface area contributed by atoms with E-state index < -0.39 is 12.0 Å². The SMILES string of the molecule is C=CCNC(=O)Nc1c(C)cccc1C(=O)O. The molecule has 1 aromatic carbocycles. The summed E-state index contributed by atoms with van der Waals surface area (Å²) in [4.78, 5) is 22.4. The topological polar surface area (TPSA) is 78.4 Å². The van der Waals surface area contributed by atoms with Crippen molar-refractivity contribution >= 4 is 17.7 Å². The third-order valence-corrected chi connectivity index (χ3v) is 2.15. The maximum atomic E-state index is 11.4. The Bertz CT molecular complexity index is 455. The van der Waals surface area contributed by atoms with E-state index >= 15 is 0 Å². The Balaban J connectivity index is 2.92. The second-order valence-electron chi connectivity index (χ2n) is 3.43. The number of anilines is 1. The van der Waals surface area contributed by atoms with Crippen LogP contribution in [-0.2, 0) is 0 Å². The van der Waals surface area contributed by atoms with Crippen molar-refractivity contribution in [2.75, 3.05) is 11.9 Å². The van der Waals surface area contributed by atoms with Crippen molar-refractivity contribution in [3.63, 3.8) is 0 Å². The first kappa shape index (κ1) is 12.8. The number of carboxylic acids is 1. The molecule has 0 spiro atoms. The number of aryl methyl sites for hydroxylation is 1. The molecule has 5 heteroatoms. The van der Waals surface area contributed by atoms with Gasteiger partial charge < -0.3 is 15.7 Å². The van der Waals surface area contributed by atoms with Gasteiger partial charge in [0.25, 0.3) is 0 Å². The highest BCUT2D eigenvalue weighted by Gasteiger charge is 2.13. The molecule has 0 fully saturated rings. The van der Waals surface area contributed by atoms with Crippen molar-refractivity contribution in [3.05, 3.63) is 42.0 Å². The molecular formula is C12H14N2O3. The number of carbonyl (C=O) groups excluding carboxylic acids is 1. The van der Waals surface area contributed by atoms with Gasteiger partial charge in [0.05, 0.1) is 11.3 Å². The van der Waals surface area contributed by atoms with Gasteiger partial charge in [-0.2, -0.15) is 0 Å². The van der Waals surface area contributed by atoms with Crippen LogP contribution in [0, 0.1) is 6.92 Å². The molecule has 3 N–H and O–H groups in total. The summed E-state index contributed by atoms with van der Waals surface area (Å²) in [7, 11) is 0. The van der Waals surface area contributed by atoms with Gasteiger partial charge in [-0.05, 0) is 18.6 Å². The van der Waals surface area contributed by atoms with Gasteiger partial charge in [0.2, 0.25) is 0 Å². The third kappa shape index (κ3) is 3.34. The highest BCUT2D eigenvalue weighted by Crippen LogP contribution is 2.20. The predicted molar refractivity (Wildman–Crippen MR) is 65.4 cm³/mol. The first-order valence-electron chi connectivity index (χ1n) is 5.05. The van der Waals surface area contributed by atoms with E-state index in [9.17, 15) is 9.59 Å². The van der Waals surface area contributed by atoms with Gasteiger partial charge in [0.1, 0.15) is 0 Å². The zero-order valence-electron chi connectivity index (χ0n) is 9.49. The number of aromatic carboxylic acids is 1. The summed E-state index contributed by atoms with van der Waals surface area (Å²) in [5.74, 6) is -1.08. The van der Waals surface area contributed by atoms with E-state index in [1.165, 1.54) is 12.1 Å². The molecule has 0 radical (unpaired) electrons. The zero-order valence-corrected chi connectivity index (χ0v) is 9.49. The van der Waals surface area contributed by atoms with Crippen LogP contribution in [0.25, 0.3) is 0 Å². The molecule has 0 aromatic heterocycles. The van der Waals surface area contributed by atoms with Gasteiger partial charge in [-0.3, -0.25) is 0 Å². The lowest BCUT2D eigenvalue weighted by atomic mass is 10.1. The summed E-state index contributed by atoms with van der Waals surface area (Å²) in [5, 5.41) is 14.0. The lowest BCUT2D eigenvalue weighted by Crippen LogP contribution is -2.29. The van der Waals surface area contributed by atoms with Crippen LogP contribution in [0.5, 0.6) is 0 Å². The van der Waals surface area contributed by atoms with E-state index in [-0.39, 0.29) is 5.56 Å². The fourth-order valence-electron chi connectivity index (χ4n) is 1.33. The van der Waals surface area contributed by atoms with Crippen LogP contribution in [0.3, 0.4) is 0 Å². The zero-order chi connectivity index (χ0) is 12.8. The Morgan fingerprint density at radius 1 is 1.47 bits per heavy atom. The van der Waals surface area contributed by atoms with Gasteiger partial charge in [-0.25, -0.2) is 9.59 Å². The van der Waals surface area contributed by atoms with Crippen molar-refractivity contribution in [1.82, 2.24) is 5.32 Å². The number of urea groups is 1. The van der Waals surface area contributed by atoms with Crippen LogP contribution in [0.1, 0.15) is 15.9 Å². The predicted octanol–water partition coefficient (Wildman–Crippen LogP) is 2.00. The van der Waals surface area contributed by atoms with E-state index in [0.29, 0.717) is 17.8 Å². The molecular weight excluding hydrogens is 220 g/mol. The summed E-state index contributed by atoms with van der Waals surface area (Å²) in [6, 6.07) is 4.35. The number of nitrogens with one attached hydrogen (secondary N) is 2. The number of para-hydroxylation sites is 1. The van der Waals surface area contributed by atoms with Gasteiger partial charge in [0.15, 0.2) is 0 Å². The van der Waals surface area contributed by atoms with E-state index in [4.69, 9.17) is 5.11 Å². The van der Waals surface area contributed by atoms with Gasteiger partial charge in [0, 0.05) is 6.54 Å². The summed E-state index contributed by atoms with van der Waals surface area (Å²) in [6.45, 7) is 5.52. The molecule has 90 valence electrons. The summed E-state index contributed by atoms with van der Waals surface area (Å²) in [6.07, 6.45) is 1.54. The Kier molecular flexibility index (Phi) is 4.28. The molecule has 0 aliphatic carbocycles. The average Bonchev–Trinajstić information content (AvgIpc) is 2.28. The highest BCUT2D eigenvalue weighted by molar-refractivity contribution is 6.00. The number of rotatable bonds is 4. The number of benzene rings is 1. The van der Waals surface area contributed by atoms with Crippen molar-refractivity contribution < 1.29 is 14.7 Å². The maximum absolute atomic E-state index is 11.4. The molecule has 5 nitrogen and oxygen atoms in total. The van der Waals surface area contributed by atoms with Crippen LogP contribution in [-0.4, -0.2) is 23.7 Å². The first-order valence-corrected chi connectivity index (χ1v) is 5.05. The first-order chi connectivity index (χ1) is 8.06. The van der Waals surface area contributed by atoms with E-state index in [1.807, 2.05) is 0 Å². The van der Waals surface area contributed by atoms with Gasteiger partial charge in [-0.1, -0.05) is 18.2 Å². The molecule has 0 saturated carbocycles. The molecule has 2 amide bonds. The average molecular weight is 234 g/mol. The summed E-state index contributed by atoms with van der Waals surface area (Å²) >= 11 is 0. The lowest BCUT2D eigenvalue weighted by molar-refractivity contribution is 0.0698. The second-order valence-corrected chi connectivity index (χ2v) is 3.43. The number of carboxylic acid groups (broad SMARTS) is 1. The molecule has 0 unspecified atom stereocenters. The van der Waals surface area contributed by atoms with Crippen molar-refractivity contribution in [2.45, 2.75) is 6.92 Å². The molecule has 0 saturated heterocycles. The van der Waals surface area contributed by atoms with Gasteiger partial charge in [-0.15, -0.1) is 6.58 Å². The van der Waals surface area contributed by atoms with E-state index in [0.717, 1.165) is 0 Å². The van der Waals surface area contributed by atoms with Crippen molar-refractivity contribution in [3.8, 4) is 0 Å². The Morgan fingerprint density at radius 2 is 2.18 bits per heavy atom. The Labute approximate surface area is 99.1 Å². The standard InChI is InChI=1S/C12H14N2O3/c1-3-7-13-12(17)14-10-8(2)5-4-6-9(10)11(15)16/h3-6H,1,7H2,2H3,(H,15,16)(H2,13,14,17). The lowest BCUT2D eigenvalue weighted by Gasteiger charge is -2.11. The summed E-state index contributed by atoms with van der Waals surface area (Å²) < 4.78 is 0. The Hall–Kier alpha value is -2.30.